The van der Waals surface area contributed by atoms with Crippen molar-refractivity contribution in [3.8, 4) is 0 Å². The van der Waals surface area contributed by atoms with Crippen LogP contribution < -0.4 is 5.73 Å². The number of nitro groups is 1. The molecule has 0 saturated heterocycles. The smallest absolute Gasteiger partial charge is 0.285 e. The van der Waals surface area contributed by atoms with Crippen molar-refractivity contribution < 1.29 is 4.92 Å². The number of benzene rings is 1. The Labute approximate surface area is 89.4 Å². The van der Waals surface area contributed by atoms with Gasteiger partial charge in [0.2, 0.25) is 0 Å². The first-order valence-corrected chi connectivity index (χ1v) is 4.77. The number of nitro benzene ring substituents is 1. The minimum Gasteiger partial charge on any atom is -0.326 e. The molecule has 0 fully saturated rings. The van der Waals surface area contributed by atoms with E-state index >= 15 is 0 Å². The minimum absolute atomic E-state index is 0.179. The largest absolute Gasteiger partial charge is 0.326 e. The van der Waals surface area contributed by atoms with Gasteiger partial charge >= 0.3 is 0 Å². The van der Waals surface area contributed by atoms with Crippen LogP contribution in [0.15, 0.2) is 12.1 Å². The van der Waals surface area contributed by atoms with Gasteiger partial charge in [-0.15, -0.1) is 0 Å². The van der Waals surface area contributed by atoms with Gasteiger partial charge in [0.25, 0.3) is 5.69 Å². The van der Waals surface area contributed by atoms with Gasteiger partial charge in [-0.2, -0.15) is 0 Å². The summed E-state index contributed by atoms with van der Waals surface area (Å²) in [7, 11) is 0. The van der Waals surface area contributed by atoms with Crippen LogP contribution in [-0.2, 0) is 6.54 Å². The zero-order valence-corrected chi connectivity index (χ0v) is 9.24. The van der Waals surface area contributed by atoms with E-state index in [9.17, 15) is 10.1 Å². The molecule has 70 valence electrons. The molecule has 5 heteroatoms. The molecule has 4 nitrogen and oxygen atoms in total. The maximum Gasteiger partial charge on any atom is 0.285 e. The van der Waals surface area contributed by atoms with Gasteiger partial charge in [-0.05, 0) is 47.2 Å². The van der Waals surface area contributed by atoms with E-state index in [0.717, 1.165) is 5.56 Å². The molecule has 0 amide bonds. The fraction of sp³-hybridized carbons (Fsp3) is 0.250. The molecule has 13 heavy (non-hydrogen) atoms. The molecular formula is C8H9IN2O2. The van der Waals surface area contributed by atoms with Gasteiger partial charge in [0, 0.05) is 12.1 Å². The Morgan fingerprint density at radius 2 is 2.23 bits per heavy atom. The Morgan fingerprint density at radius 3 is 2.62 bits per heavy atom. The fourth-order valence-corrected chi connectivity index (χ4v) is 2.18. The van der Waals surface area contributed by atoms with Crippen molar-refractivity contribution in [3.05, 3.63) is 36.9 Å². The quantitative estimate of drug-likeness (QED) is 0.514. The van der Waals surface area contributed by atoms with Gasteiger partial charge in [-0.1, -0.05) is 0 Å². The lowest BCUT2D eigenvalue weighted by Gasteiger charge is -2.02. The number of halogens is 1. The first-order valence-electron chi connectivity index (χ1n) is 3.69. The molecule has 0 radical (unpaired) electrons. The standard InChI is InChI=1S/C8H9IN2O2/c1-5-2-6(4-10)3-7(9)8(5)11(12)13/h2-3H,4,10H2,1H3. The maximum atomic E-state index is 10.6. The Kier molecular flexibility index (Phi) is 3.21. The van der Waals surface area contributed by atoms with Crippen LogP contribution >= 0.6 is 22.6 Å². The Morgan fingerprint density at radius 1 is 1.62 bits per heavy atom. The molecule has 0 aromatic heterocycles. The minimum atomic E-state index is -0.364. The van der Waals surface area contributed by atoms with Crippen LogP contribution in [0.2, 0.25) is 0 Å². The molecule has 0 bridgehead atoms. The molecule has 0 aliphatic carbocycles. The summed E-state index contributed by atoms with van der Waals surface area (Å²) in [4.78, 5) is 10.2. The molecule has 2 N–H and O–H groups in total. The summed E-state index contributed by atoms with van der Waals surface area (Å²) in [5, 5.41) is 10.6. The second kappa shape index (κ2) is 4.01. The molecule has 1 rings (SSSR count). The number of nitrogens with two attached hydrogens (primary N) is 1. The van der Waals surface area contributed by atoms with Crippen LogP contribution in [-0.4, -0.2) is 4.92 Å². The Balaban J connectivity index is 3.31. The van der Waals surface area contributed by atoms with Crippen LogP contribution in [0.25, 0.3) is 0 Å². The van der Waals surface area contributed by atoms with Crippen LogP contribution in [0.1, 0.15) is 11.1 Å². The number of rotatable bonds is 2. The number of hydrogen-bond donors (Lipinski definition) is 1. The lowest BCUT2D eigenvalue weighted by atomic mass is 10.1. The summed E-state index contributed by atoms with van der Waals surface area (Å²) in [6.07, 6.45) is 0. The van der Waals surface area contributed by atoms with E-state index in [4.69, 9.17) is 5.73 Å². The molecule has 0 aliphatic heterocycles. The third kappa shape index (κ3) is 2.16. The molecule has 0 unspecified atom stereocenters. The average molecular weight is 292 g/mol. The second-order valence-corrected chi connectivity index (χ2v) is 3.87. The summed E-state index contributed by atoms with van der Waals surface area (Å²) >= 11 is 1.95. The maximum absolute atomic E-state index is 10.6. The lowest BCUT2D eigenvalue weighted by molar-refractivity contribution is -0.386. The monoisotopic (exact) mass is 292 g/mol. The Bertz CT molecular complexity index is 329. The zero-order valence-electron chi connectivity index (χ0n) is 7.08. The number of hydrogen-bond acceptors (Lipinski definition) is 3. The van der Waals surface area contributed by atoms with Gasteiger partial charge < -0.3 is 5.73 Å². The summed E-state index contributed by atoms with van der Waals surface area (Å²) in [6.45, 7) is 2.13. The van der Waals surface area contributed by atoms with E-state index in [1.807, 2.05) is 22.6 Å². The highest BCUT2D eigenvalue weighted by atomic mass is 127. The van der Waals surface area contributed by atoms with E-state index in [0.29, 0.717) is 15.7 Å². The van der Waals surface area contributed by atoms with Crippen LogP contribution in [0.5, 0.6) is 0 Å². The lowest BCUT2D eigenvalue weighted by Crippen LogP contribution is -2.01. The second-order valence-electron chi connectivity index (χ2n) is 2.70. The highest BCUT2D eigenvalue weighted by Crippen LogP contribution is 2.26. The summed E-state index contributed by atoms with van der Waals surface area (Å²) in [5.41, 5.74) is 7.21. The first-order chi connectivity index (χ1) is 6.06. The average Bonchev–Trinajstić information content (AvgIpc) is 2.02. The predicted octanol–water partition coefficient (Wildman–Crippen LogP) is 1.97. The summed E-state index contributed by atoms with van der Waals surface area (Å²) in [6, 6.07) is 3.49. The SMILES string of the molecule is Cc1cc(CN)cc(I)c1[N+](=O)[O-]. The normalized spacial score (nSPS) is 10.1. The van der Waals surface area contributed by atoms with Crippen molar-refractivity contribution in [2.45, 2.75) is 13.5 Å². The van der Waals surface area contributed by atoms with Gasteiger partial charge in [0.1, 0.15) is 0 Å². The first kappa shape index (κ1) is 10.4. The molecule has 1 aromatic carbocycles. The molecule has 0 aliphatic rings. The van der Waals surface area contributed by atoms with Crippen molar-refractivity contribution >= 4 is 28.3 Å². The molecule has 0 heterocycles. The molecule has 0 spiro atoms. The van der Waals surface area contributed by atoms with Crippen molar-refractivity contribution in [1.29, 1.82) is 0 Å². The van der Waals surface area contributed by atoms with Gasteiger partial charge in [-0.3, -0.25) is 10.1 Å². The van der Waals surface area contributed by atoms with Crippen LogP contribution in [0.4, 0.5) is 5.69 Å². The summed E-state index contributed by atoms with van der Waals surface area (Å²) in [5.74, 6) is 0. The molecule has 1 aromatic rings. The molecule has 0 atom stereocenters. The van der Waals surface area contributed by atoms with Crippen molar-refractivity contribution in [2.75, 3.05) is 0 Å². The topological polar surface area (TPSA) is 69.2 Å². The van der Waals surface area contributed by atoms with Gasteiger partial charge in [0.15, 0.2) is 0 Å². The van der Waals surface area contributed by atoms with Crippen LogP contribution in [0.3, 0.4) is 0 Å². The Hall–Kier alpha value is -0.690. The number of aryl methyl sites for hydroxylation is 1. The van der Waals surface area contributed by atoms with Crippen LogP contribution in [0, 0.1) is 20.6 Å². The van der Waals surface area contributed by atoms with E-state index in [1.165, 1.54) is 0 Å². The summed E-state index contributed by atoms with van der Waals surface area (Å²) < 4.78 is 0.642. The van der Waals surface area contributed by atoms with Gasteiger partial charge in [0.05, 0.1) is 8.49 Å². The number of nitrogens with zero attached hydrogens (tertiary/aromatic N) is 1. The van der Waals surface area contributed by atoms with E-state index in [2.05, 4.69) is 0 Å². The fourth-order valence-electron chi connectivity index (χ4n) is 1.16. The zero-order chi connectivity index (χ0) is 10.0. The third-order valence-electron chi connectivity index (χ3n) is 1.73. The molecular weight excluding hydrogens is 283 g/mol. The van der Waals surface area contributed by atoms with Crippen molar-refractivity contribution in [3.63, 3.8) is 0 Å². The van der Waals surface area contributed by atoms with Gasteiger partial charge in [-0.25, -0.2) is 0 Å². The highest BCUT2D eigenvalue weighted by Gasteiger charge is 2.15. The van der Waals surface area contributed by atoms with E-state index in [-0.39, 0.29) is 10.6 Å². The third-order valence-corrected chi connectivity index (χ3v) is 2.55. The predicted molar refractivity (Wildman–Crippen MR) is 58.4 cm³/mol. The van der Waals surface area contributed by atoms with Crippen molar-refractivity contribution in [2.24, 2.45) is 5.73 Å². The van der Waals surface area contributed by atoms with E-state index < -0.39 is 0 Å². The highest BCUT2D eigenvalue weighted by molar-refractivity contribution is 14.1. The molecule has 0 saturated carbocycles. The van der Waals surface area contributed by atoms with E-state index in [1.54, 1.807) is 19.1 Å². The van der Waals surface area contributed by atoms with Crippen molar-refractivity contribution in [1.82, 2.24) is 0 Å².